The minimum Gasteiger partial charge on any atom is -0.489 e. The summed E-state index contributed by atoms with van der Waals surface area (Å²) in [5.74, 6) is -0.154. The molecule has 0 amide bonds. The van der Waals surface area contributed by atoms with Gasteiger partial charge in [-0.25, -0.2) is 9.18 Å². The van der Waals surface area contributed by atoms with E-state index in [4.69, 9.17) is 21.1 Å². The first-order chi connectivity index (χ1) is 11.1. The number of benzene rings is 2. The summed E-state index contributed by atoms with van der Waals surface area (Å²) in [6, 6.07) is 11.4. The van der Waals surface area contributed by atoms with E-state index >= 15 is 0 Å². The van der Waals surface area contributed by atoms with Crippen LogP contribution in [0.5, 0.6) is 5.75 Å². The molecule has 2 aromatic rings. The molecule has 0 spiro atoms. The lowest BCUT2D eigenvalue weighted by Crippen LogP contribution is -1.99. The van der Waals surface area contributed by atoms with Crippen molar-refractivity contribution in [2.24, 2.45) is 0 Å². The van der Waals surface area contributed by atoms with Crippen molar-refractivity contribution in [3.63, 3.8) is 0 Å². The Bertz CT molecular complexity index is 713. The molecule has 0 saturated carbocycles. The highest BCUT2D eigenvalue weighted by Gasteiger charge is 2.03. The molecule has 23 heavy (non-hydrogen) atoms. The summed E-state index contributed by atoms with van der Waals surface area (Å²) >= 11 is 5.96. The zero-order valence-electron chi connectivity index (χ0n) is 12.6. The zero-order chi connectivity index (χ0) is 16.7. The Morgan fingerprint density at radius 2 is 2.09 bits per heavy atom. The topological polar surface area (TPSA) is 35.5 Å². The van der Waals surface area contributed by atoms with E-state index in [1.807, 2.05) is 12.1 Å². The first-order valence-electron chi connectivity index (χ1n) is 7.10. The maximum Gasteiger partial charge on any atom is 0.330 e. The molecule has 0 aliphatic heterocycles. The summed E-state index contributed by atoms with van der Waals surface area (Å²) in [6.07, 6.45) is 3.01. The Hall–Kier alpha value is -2.33. The molecule has 0 saturated heterocycles. The van der Waals surface area contributed by atoms with Gasteiger partial charge in [-0.15, -0.1) is 0 Å². The number of halogens is 2. The third-order valence-corrected chi connectivity index (χ3v) is 3.32. The quantitative estimate of drug-likeness (QED) is 0.570. The van der Waals surface area contributed by atoms with Gasteiger partial charge in [-0.1, -0.05) is 29.8 Å². The highest BCUT2D eigenvalue weighted by molar-refractivity contribution is 6.31. The lowest BCUT2D eigenvalue weighted by Gasteiger charge is -2.08. The fourth-order valence-corrected chi connectivity index (χ4v) is 2.08. The molecule has 2 aromatic carbocycles. The van der Waals surface area contributed by atoms with E-state index < -0.39 is 5.97 Å². The predicted octanol–water partition coefficient (Wildman–Crippen LogP) is 4.63. The minimum atomic E-state index is -0.392. The van der Waals surface area contributed by atoms with Crippen molar-refractivity contribution in [1.82, 2.24) is 0 Å². The van der Waals surface area contributed by atoms with E-state index in [1.165, 1.54) is 18.2 Å². The zero-order valence-corrected chi connectivity index (χ0v) is 13.3. The number of carbonyl (C=O) groups is 1. The van der Waals surface area contributed by atoms with Gasteiger partial charge in [0.2, 0.25) is 0 Å². The Balaban J connectivity index is 2.01. The fraction of sp³-hybridized carbons (Fsp3) is 0.167. The molecule has 0 unspecified atom stereocenters. The second-order valence-electron chi connectivity index (χ2n) is 4.68. The standard InChI is InChI=1S/C18H16ClFO3/c1-2-22-18(21)9-6-13-4-3-5-16(10-13)23-12-14-7-8-15(20)11-17(14)19/h3-11H,2,12H2,1H3/b9-6+. The SMILES string of the molecule is CCOC(=O)/C=C/c1cccc(OCc2ccc(F)cc2Cl)c1. The van der Waals surface area contributed by atoms with Gasteiger partial charge in [0.1, 0.15) is 18.2 Å². The number of rotatable bonds is 6. The van der Waals surface area contributed by atoms with Crippen LogP contribution in [0.4, 0.5) is 4.39 Å². The molecule has 0 fully saturated rings. The maximum atomic E-state index is 13.0. The van der Waals surface area contributed by atoms with Crippen LogP contribution in [-0.2, 0) is 16.1 Å². The smallest absolute Gasteiger partial charge is 0.330 e. The van der Waals surface area contributed by atoms with E-state index in [0.29, 0.717) is 22.9 Å². The van der Waals surface area contributed by atoms with E-state index in [0.717, 1.165) is 5.56 Å². The van der Waals surface area contributed by atoms with Gasteiger partial charge < -0.3 is 9.47 Å². The lowest BCUT2D eigenvalue weighted by atomic mass is 10.2. The molecule has 5 heteroatoms. The normalized spacial score (nSPS) is 10.7. The number of ether oxygens (including phenoxy) is 2. The van der Waals surface area contributed by atoms with Crippen LogP contribution in [-0.4, -0.2) is 12.6 Å². The summed E-state index contributed by atoms with van der Waals surface area (Å²) < 4.78 is 23.5. The molecular formula is C18H16ClFO3. The minimum absolute atomic E-state index is 0.226. The summed E-state index contributed by atoms with van der Waals surface area (Å²) in [4.78, 5) is 11.3. The number of hydrogen-bond acceptors (Lipinski definition) is 3. The summed E-state index contributed by atoms with van der Waals surface area (Å²) in [5.41, 5.74) is 1.50. The van der Waals surface area contributed by atoms with Crippen LogP contribution in [0, 0.1) is 5.82 Å². The highest BCUT2D eigenvalue weighted by atomic mass is 35.5. The molecule has 3 nitrogen and oxygen atoms in total. The number of esters is 1. The Morgan fingerprint density at radius 1 is 1.26 bits per heavy atom. The van der Waals surface area contributed by atoms with E-state index in [9.17, 15) is 9.18 Å². The maximum absolute atomic E-state index is 13.0. The van der Waals surface area contributed by atoms with Gasteiger partial charge in [0, 0.05) is 11.6 Å². The first kappa shape index (κ1) is 17.0. The van der Waals surface area contributed by atoms with Crippen molar-refractivity contribution in [2.45, 2.75) is 13.5 Å². The van der Waals surface area contributed by atoms with Crippen molar-refractivity contribution in [3.05, 3.63) is 70.5 Å². The molecule has 0 radical (unpaired) electrons. The molecule has 2 rings (SSSR count). The van der Waals surface area contributed by atoms with Gasteiger partial charge in [-0.2, -0.15) is 0 Å². The molecule has 0 N–H and O–H groups in total. The van der Waals surface area contributed by atoms with Crippen molar-refractivity contribution in [1.29, 1.82) is 0 Å². The van der Waals surface area contributed by atoms with Crippen LogP contribution >= 0.6 is 11.6 Å². The fourth-order valence-electron chi connectivity index (χ4n) is 1.86. The van der Waals surface area contributed by atoms with E-state index in [2.05, 4.69) is 0 Å². The molecule has 0 heterocycles. The van der Waals surface area contributed by atoms with E-state index in [1.54, 1.807) is 31.2 Å². The van der Waals surface area contributed by atoms with Crippen LogP contribution in [0.2, 0.25) is 5.02 Å². The van der Waals surface area contributed by atoms with Crippen molar-refractivity contribution >= 4 is 23.6 Å². The van der Waals surface area contributed by atoms with Crippen LogP contribution in [0.25, 0.3) is 6.08 Å². The Labute approximate surface area is 139 Å². The lowest BCUT2D eigenvalue weighted by molar-refractivity contribution is -0.137. The molecule has 0 aliphatic rings. The number of carbonyl (C=O) groups excluding carboxylic acids is 1. The van der Waals surface area contributed by atoms with Gasteiger partial charge in [-0.3, -0.25) is 0 Å². The van der Waals surface area contributed by atoms with Gasteiger partial charge in [0.05, 0.1) is 11.6 Å². The summed E-state index contributed by atoms with van der Waals surface area (Å²) in [5, 5.41) is 0.323. The summed E-state index contributed by atoms with van der Waals surface area (Å²) in [7, 11) is 0. The molecule has 0 bridgehead atoms. The van der Waals surface area contributed by atoms with Crippen LogP contribution < -0.4 is 4.74 Å². The highest BCUT2D eigenvalue weighted by Crippen LogP contribution is 2.21. The molecule has 120 valence electrons. The molecule has 0 aliphatic carbocycles. The van der Waals surface area contributed by atoms with Crippen molar-refractivity contribution in [3.8, 4) is 5.75 Å². The predicted molar refractivity (Wildman–Crippen MR) is 87.9 cm³/mol. The van der Waals surface area contributed by atoms with Gasteiger partial charge in [0.25, 0.3) is 0 Å². The Morgan fingerprint density at radius 3 is 2.83 bits per heavy atom. The third kappa shape index (κ3) is 5.42. The van der Waals surface area contributed by atoms with Crippen molar-refractivity contribution < 1.29 is 18.7 Å². The largest absolute Gasteiger partial charge is 0.489 e. The third-order valence-electron chi connectivity index (χ3n) is 2.97. The Kier molecular flexibility index (Phi) is 6.18. The summed E-state index contributed by atoms with van der Waals surface area (Å²) in [6.45, 7) is 2.32. The average molecular weight is 335 g/mol. The monoisotopic (exact) mass is 334 g/mol. The molecular weight excluding hydrogens is 319 g/mol. The van der Waals surface area contributed by atoms with E-state index in [-0.39, 0.29) is 12.4 Å². The van der Waals surface area contributed by atoms with Crippen LogP contribution in [0.1, 0.15) is 18.1 Å². The van der Waals surface area contributed by atoms with Gasteiger partial charge >= 0.3 is 5.97 Å². The van der Waals surface area contributed by atoms with Crippen LogP contribution in [0.15, 0.2) is 48.5 Å². The van der Waals surface area contributed by atoms with Crippen LogP contribution in [0.3, 0.4) is 0 Å². The van der Waals surface area contributed by atoms with Gasteiger partial charge in [0.15, 0.2) is 0 Å². The van der Waals surface area contributed by atoms with Crippen molar-refractivity contribution in [2.75, 3.05) is 6.61 Å². The molecule has 0 atom stereocenters. The van der Waals surface area contributed by atoms with Gasteiger partial charge in [-0.05, 0) is 42.8 Å². The second-order valence-corrected chi connectivity index (χ2v) is 5.09. The average Bonchev–Trinajstić information content (AvgIpc) is 2.53. The number of hydrogen-bond donors (Lipinski definition) is 0. The first-order valence-corrected chi connectivity index (χ1v) is 7.48. The second kappa shape index (κ2) is 8.34. The molecule has 0 aromatic heterocycles.